The maximum absolute atomic E-state index is 13.6. The molecule has 3 atom stereocenters. The molecule has 84 heavy (non-hydrogen) atoms. The van der Waals surface area contributed by atoms with Crippen molar-refractivity contribution < 1.29 is 37.3 Å². The molecule has 0 heterocycles. The molecule has 10 heteroatoms. The van der Waals surface area contributed by atoms with Gasteiger partial charge in [-0.3, -0.25) is 14.2 Å². The molecule has 1 amide bonds. The minimum atomic E-state index is -4.71. The van der Waals surface area contributed by atoms with E-state index in [1.165, 1.54) is 238 Å². The van der Waals surface area contributed by atoms with E-state index in [0.717, 1.165) is 77.0 Å². The van der Waals surface area contributed by atoms with Gasteiger partial charge >= 0.3 is 5.97 Å². The van der Waals surface area contributed by atoms with Crippen molar-refractivity contribution in [2.24, 2.45) is 0 Å². The number of likely N-dealkylation sites (N-methyl/N-ethyl adjacent to an activating group) is 1. The molecule has 3 unspecified atom stereocenters. The third-order valence-corrected chi connectivity index (χ3v) is 17.1. The molecule has 0 bridgehead atoms. The molecule has 0 aromatic rings. The van der Waals surface area contributed by atoms with Gasteiger partial charge < -0.3 is 28.5 Å². The van der Waals surface area contributed by atoms with Crippen LogP contribution in [-0.2, 0) is 27.9 Å². The Balaban J connectivity index is 5.06. The van der Waals surface area contributed by atoms with E-state index in [0.29, 0.717) is 17.4 Å². The summed E-state index contributed by atoms with van der Waals surface area (Å²) in [4.78, 5) is 40.2. The summed E-state index contributed by atoms with van der Waals surface area (Å²) in [5.41, 5.74) is 0. The lowest BCUT2D eigenvalue weighted by Gasteiger charge is -2.30. The van der Waals surface area contributed by atoms with Crippen molar-refractivity contribution >= 4 is 19.7 Å². The second-order valence-corrected chi connectivity index (χ2v) is 27.1. The van der Waals surface area contributed by atoms with Crippen LogP contribution in [-0.4, -0.2) is 69.4 Å². The highest BCUT2D eigenvalue weighted by Gasteiger charge is 2.27. The molecule has 0 aliphatic carbocycles. The zero-order valence-corrected chi connectivity index (χ0v) is 57.3. The molecular weight excluding hydrogens is 1060 g/mol. The van der Waals surface area contributed by atoms with Crippen molar-refractivity contribution in [3.8, 4) is 0 Å². The van der Waals surface area contributed by atoms with Crippen LogP contribution in [0.2, 0.25) is 0 Å². The standard InChI is InChI=1S/C74H139N2O7P/c1-7-10-13-16-19-22-25-28-30-32-34-36-38-40-42-44-46-48-51-54-57-60-63-66-73(77)75-71(70-82-84(79,80)81-69-68-76(4,5)6)72(65-62-59-56-53-50-27-24-21-18-15-12-9-3)83-74(78)67-64-61-58-55-52-49-47-45-43-41-39-37-35-33-31-29-26-23-20-17-14-11-8-2/h19,22,28-31,34,36,62,65,71-72H,7-18,20-21,23-27,32-33,35,37-61,63-64,66-70H2,1-6H3,(H-,75,77,79,80)/b22-19-,30-28-,31-29+,36-34-,65-62+. The first-order valence-electron chi connectivity index (χ1n) is 36.1. The molecule has 492 valence electrons. The summed E-state index contributed by atoms with van der Waals surface area (Å²) in [6, 6.07) is -0.892. The summed E-state index contributed by atoms with van der Waals surface area (Å²) in [7, 11) is 1.19. The smallest absolute Gasteiger partial charge is 0.306 e. The Kier molecular flexibility index (Phi) is 62.0. The fourth-order valence-electron chi connectivity index (χ4n) is 10.6. The Morgan fingerprint density at radius 1 is 0.417 bits per heavy atom. The molecule has 0 fully saturated rings. The van der Waals surface area contributed by atoms with Crippen LogP contribution in [0, 0.1) is 0 Å². The number of quaternary nitrogens is 1. The third-order valence-electron chi connectivity index (χ3n) is 16.2. The Morgan fingerprint density at radius 3 is 1.12 bits per heavy atom. The van der Waals surface area contributed by atoms with Gasteiger partial charge in [0.2, 0.25) is 5.91 Å². The number of amides is 1. The second kappa shape index (κ2) is 63.7. The minimum Gasteiger partial charge on any atom is -0.756 e. The fourth-order valence-corrected chi connectivity index (χ4v) is 11.3. The maximum Gasteiger partial charge on any atom is 0.306 e. The molecule has 0 aromatic carbocycles. The predicted molar refractivity (Wildman–Crippen MR) is 362 cm³/mol. The number of nitrogens with one attached hydrogen (secondary N) is 1. The van der Waals surface area contributed by atoms with Crippen molar-refractivity contribution in [3.63, 3.8) is 0 Å². The number of carbonyl (C=O) groups is 2. The summed E-state index contributed by atoms with van der Waals surface area (Å²) < 4.78 is 30.5. The number of unbranched alkanes of at least 4 members (excludes halogenated alkanes) is 42. The zero-order chi connectivity index (χ0) is 61.4. The number of allylic oxidation sites excluding steroid dienone is 9. The van der Waals surface area contributed by atoms with Crippen molar-refractivity contribution in [3.05, 3.63) is 60.8 Å². The Bertz CT molecular complexity index is 1620. The fraction of sp³-hybridized carbons (Fsp3) is 0.838. The van der Waals surface area contributed by atoms with Gasteiger partial charge in [-0.15, -0.1) is 0 Å². The summed E-state index contributed by atoms with van der Waals surface area (Å²) in [6.45, 7) is 6.85. The van der Waals surface area contributed by atoms with Crippen molar-refractivity contribution in [2.45, 2.75) is 360 Å². The first-order valence-corrected chi connectivity index (χ1v) is 37.6. The largest absolute Gasteiger partial charge is 0.756 e. The summed E-state index contributed by atoms with van der Waals surface area (Å²) >= 11 is 0. The highest BCUT2D eigenvalue weighted by Crippen LogP contribution is 2.38. The molecule has 0 aliphatic rings. The lowest BCUT2D eigenvalue weighted by molar-refractivity contribution is -0.870. The van der Waals surface area contributed by atoms with Crippen LogP contribution in [0.3, 0.4) is 0 Å². The molecule has 0 radical (unpaired) electrons. The number of esters is 1. The van der Waals surface area contributed by atoms with Crippen LogP contribution in [0.5, 0.6) is 0 Å². The van der Waals surface area contributed by atoms with Gasteiger partial charge in [-0.25, -0.2) is 0 Å². The lowest BCUT2D eigenvalue weighted by Crippen LogP contribution is -2.47. The van der Waals surface area contributed by atoms with Crippen molar-refractivity contribution in [1.29, 1.82) is 0 Å². The average molecular weight is 1200 g/mol. The molecule has 0 aliphatic heterocycles. The van der Waals surface area contributed by atoms with Gasteiger partial charge in [0.05, 0.1) is 33.8 Å². The van der Waals surface area contributed by atoms with E-state index in [-0.39, 0.29) is 31.5 Å². The number of phosphoric acid groups is 1. The van der Waals surface area contributed by atoms with Crippen molar-refractivity contribution in [1.82, 2.24) is 5.32 Å². The van der Waals surface area contributed by atoms with E-state index >= 15 is 0 Å². The predicted octanol–water partition coefficient (Wildman–Crippen LogP) is 22.3. The van der Waals surface area contributed by atoms with E-state index in [4.69, 9.17) is 13.8 Å². The topological polar surface area (TPSA) is 114 Å². The van der Waals surface area contributed by atoms with Crippen LogP contribution in [0.15, 0.2) is 60.8 Å². The maximum atomic E-state index is 13.6. The molecule has 0 spiro atoms. The Labute approximate surface area is 521 Å². The third kappa shape index (κ3) is 64.2. The number of ether oxygens (including phenoxy) is 1. The minimum absolute atomic E-state index is 0.0230. The van der Waals surface area contributed by atoms with E-state index in [2.05, 4.69) is 74.7 Å². The highest BCUT2D eigenvalue weighted by atomic mass is 31.2. The van der Waals surface area contributed by atoms with E-state index in [1.807, 2.05) is 33.3 Å². The van der Waals surface area contributed by atoms with Crippen molar-refractivity contribution in [2.75, 3.05) is 40.9 Å². The van der Waals surface area contributed by atoms with Crippen LogP contribution in [0.1, 0.15) is 348 Å². The van der Waals surface area contributed by atoms with Gasteiger partial charge in [-0.1, -0.05) is 300 Å². The lowest BCUT2D eigenvalue weighted by atomic mass is 10.0. The van der Waals surface area contributed by atoms with Gasteiger partial charge in [-0.2, -0.15) is 0 Å². The molecule has 0 saturated carbocycles. The number of carbonyl (C=O) groups excluding carboxylic acids is 2. The molecule has 0 aromatic heterocycles. The summed E-state index contributed by atoms with van der Waals surface area (Å²) in [6.07, 6.45) is 82.0. The van der Waals surface area contributed by atoms with Crippen LogP contribution in [0.25, 0.3) is 0 Å². The molecule has 0 saturated heterocycles. The number of hydrogen-bond donors (Lipinski definition) is 1. The van der Waals surface area contributed by atoms with Gasteiger partial charge in [0.15, 0.2) is 0 Å². The first kappa shape index (κ1) is 81.7. The first-order chi connectivity index (χ1) is 40.9. The molecule has 0 rings (SSSR count). The van der Waals surface area contributed by atoms with E-state index in [9.17, 15) is 19.0 Å². The summed E-state index contributed by atoms with van der Waals surface area (Å²) in [5, 5.41) is 3.05. The number of phosphoric ester groups is 1. The average Bonchev–Trinajstić information content (AvgIpc) is 3.64. The Hall–Kier alpha value is -2.29. The van der Waals surface area contributed by atoms with Gasteiger partial charge in [0.25, 0.3) is 7.82 Å². The molecular formula is C74H139N2O7P. The second-order valence-electron chi connectivity index (χ2n) is 25.7. The summed E-state index contributed by atoms with van der Waals surface area (Å²) in [5.74, 6) is -0.533. The normalized spacial score (nSPS) is 13.8. The number of nitrogens with zero attached hydrogens (tertiary/aromatic N) is 1. The quantitative estimate of drug-likeness (QED) is 0.0212. The SMILES string of the molecule is CCCCC/C=C\C/C=C\C/C=C\CCCCCCCCCCCCC(=O)NC(COP(=O)([O-])OCC[N+](C)(C)C)C(/C=C/CCCCCCCCCCCC)OC(=O)CCCCCCCCCCCCCCC/C=C/CCCCCCCC. The number of hydrogen-bond acceptors (Lipinski definition) is 7. The van der Waals surface area contributed by atoms with E-state index in [1.54, 1.807) is 0 Å². The van der Waals surface area contributed by atoms with Gasteiger partial charge in [0, 0.05) is 12.8 Å². The van der Waals surface area contributed by atoms with Gasteiger partial charge in [0.1, 0.15) is 19.3 Å². The van der Waals surface area contributed by atoms with E-state index < -0.39 is 20.0 Å². The monoisotopic (exact) mass is 1200 g/mol. The van der Waals surface area contributed by atoms with Crippen LogP contribution < -0.4 is 10.2 Å². The number of rotatable bonds is 66. The molecule has 9 nitrogen and oxygen atoms in total. The zero-order valence-electron chi connectivity index (χ0n) is 56.4. The highest BCUT2D eigenvalue weighted by molar-refractivity contribution is 7.45. The van der Waals surface area contributed by atoms with Gasteiger partial charge in [-0.05, 0) is 96.0 Å². The molecule has 1 N–H and O–H groups in total. The van der Waals surface area contributed by atoms with Crippen LogP contribution >= 0.6 is 7.82 Å². The van der Waals surface area contributed by atoms with Crippen LogP contribution in [0.4, 0.5) is 0 Å². The Morgan fingerprint density at radius 2 is 0.726 bits per heavy atom.